The van der Waals surface area contributed by atoms with Gasteiger partial charge in [-0.25, -0.2) is 4.39 Å². The van der Waals surface area contributed by atoms with Gasteiger partial charge >= 0.3 is 5.97 Å². The smallest absolute Gasteiger partial charge is 0.313 e. The van der Waals surface area contributed by atoms with E-state index in [1.807, 2.05) is 0 Å². The van der Waals surface area contributed by atoms with E-state index in [2.05, 4.69) is 10.9 Å². The third-order valence-electron chi connectivity index (χ3n) is 2.79. The van der Waals surface area contributed by atoms with Crippen LogP contribution in [0.5, 0.6) is 5.75 Å². The van der Waals surface area contributed by atoms with Crippen LogP contribution in [0.2, 0.25) is 0 Å². The van der Waals surface area contributed by atoms with Crippen molar-refractivity contribution in [2.75, 3.05) is 11.7 Å². The lowest BCUT2D eigenvalue weighted by atomic mass is 10.1. The van der Waals surface area contributed by atoms with Gasteiger partial charge in [-0.1, -0.05) is 5.92 Å². The molecule has 4 nitrogen and oxygen atoms in total. The van der Waals surface area contributed by atoms with Crippen LogP contribution in [0.1, 0.15) is 11.1 Å². The van der Waals surface area contributed by atoms with E-state index in [0.717, 1.165) is 11.8 Å². The molecule has 6 heteroatoms. The van der Waals surface area contributed by atoms with Crippen molar-refractivity contribution in [3.63, 3.8) is 0 Å². The number of fused-ring (bicyclic) bond motifs is 1. The third kappa shape index (κ3) is 3.44. The van der Waals surface area contributed by atoms with Crippen molar-refractivity contribution < 1.29 is 19.0 Å². The molecular weight excluding hydrogens is 293 g/mol. The number of ether oxygens (including phenoxy) is 1. The van der Waals surface area contributed by atoms with Crippen LogP contribution in [-0.2, 0) is 4.79 Å². The molecular formula is C15H12FNO3S. The number of carboxylic acid groups (broad SMARTS) is 1. The number of nitrogens with zero attached hydrogens (tertiary/aromatic N) is 1. The second-order valence-corrected chi connectivity index (χ2v) is 5.19. The largest absolute Gasteiger partial charge is 0.481 e. The van der Waals surface area contributed by atoms with Crippen LogP contribution in [0.4, 0.5) is 4.39 Å². The van der Waals surface area contributed by atoms with E-state index in [1.54, 1.807) is 13.0 Å². The standard InChI is InChI=1S/C15H12FNO3S/c1-3-10-4-11-5-12(20-8-21-7-13(18)19)14(16)9(2)15(11)17-6-10/h1,4-6H,7-8H2,2H3,(H,18,19). The molecule has 1 heterocycles. The molecule has 0 spiro atoms. The first-order valence-electron chi connectivity index (χ1n) is 6.00. The lowest BCUT2D eigenvalue weighted by Gasteiger charge is -2.10. The zero-order valence-electron chi connectivity index (χ0n) is 11.2. The number of carboxylic acids is 1. The van der Waals surface area contributed by atoms with Crippen molar-refractivity contribution in [2.24, 2.45) is 0 Å². The van der Waals surface area contributed by atoms with Gasteiger partial charge in [-0.3, -0.25) is 9.78 Å². The Morgan fingerprint density at radius 3 is 3.00 bits per heavy atom. The molecule has 0 saturated carbocycles. The number of benzene rings is 1. The maximum absolute atomic E-state index is 14.2. The number of aliphatic carboxylic acids is 1. The summed E-state index contributed by atoms with van der Waals surface area (Å²) in [6.45, 7) is 1.61. The second-order valence-electron chi connectivity index (χ2n) is 4.26. The molecule has 1 N–H and O–H groups in total. The summed E-state index contributed by atoms with van der Waals surface area (Å²) in [7, 11) is 0. The first-order chi connectivity index (χ1) is 10.0. The van der Waals surface area contributed by atoms with Crippen LogP contribution in [0.25, 0.3) is 10.9 Å². The highest BCUT2D eigenvalue weighted by atomic mass is 32.2. The highest BCUT2D eigenvalue weighted by molar-refractivity contribution is 7.99. The van der Waals surface area contributed by atoms with Crippen molar-refractivity contribution >= 4 is 28.6 Å². The summed E-state index contributed by atoms with van der Waals surface area (Å²) in [4.78, 5) is 14.6. The molecule has 108 valence electrons. The van der Waals surface area contributed by atoms with Gasteiger partial charge in [0.15, 0.2) is 11.6 Å². The zero-order valence-corrected chi connectivity index (χ0v) is 12.0. The molecule has 0 unspecified atom stereocenters. The molecule has 21 heavy (non-hydrogen) atoms. The summed E-state index contributed by atoms with van der Waals surface area (Å²) in [6, 6.07) is 3.25. The number of aromatic nitrogens is 1. The maximum Gasteiger partial charge on any atom is 0.313 e. The van der Waals surface area contributed by atoms with E-state index < -0.39 is 11.8 Å². The summed E-state index contributed by atoms with van der Waals surface area (Å²) < 4.78 is 19.5. The number of aryl methyl sites for hydroxylation is 1. The van der Waals surface area contributed by atoms with Gasteiger partial charge in [0.05, 0.1) is 11.3 Å². The molecule has 0 fully saturated rings. The normalized spacial score (nSPS) is 10.3. The Labute approximate surface area is 125 Å². The average molecular weight is 305 g/mol. The number of terminal acetylenes is 1. The van der Waals surface area contributed by atoms with E-state index in [0.29, 0.717) is 22.0 Å². The molecule has 0 bridgehead atoms. The van der Waals surface area contributed by atoms with E-state index in [4.69, 9.17) is 16.3 Å². The quantitative estimate of drug-likeness (QED) is 0.523. The third-order valence-corrected chi connectivity index (χ3v) is 3.53. The molecule has 0 saturated heterocycles. The van der Waals surface area contributed by atoms with E-state index in [1.165, 1.54) is 12.3 Å². The van der Waals surface area contributed by atoms with Crippen molar-refractivity contribution in [2.45, 2.75) is 6.92 Å². The second kappa shape index (κ2) is 6.46. The summed E-state index contributed by atoms with van der Waals surface area (Å²) >= 11 is 1.05. The van der Waals surface area contributed by atoms with Crippen LogP contribution in [0, 0.1) is 25.1 Å². The number of hydrogen-bond acceptors (Lipinski definition) is 4. The Balaban J connectivity index is 2.29. The molecule has 0 radical (unpaired) electrons. The first-order valence-corrected chi connectivity index (χ1v) is 7.16. The van der Waals surface area contributed by atoms with Crippen LogP contribution in [0.15, 0.2) is 18.3 Å². The topological polar surface area (TPSA) is 59.4 Å². The molecule has 2 aromatic rings. The Hall–Kier alpha value is -2.26. The number of thioether (sulfide) groups is 1. The SMILES string of the molecule is C#Cc1cnc2c(C)c(F)c(OCSCC(=O)O)cc2c1. The summed E-state index contributed by atoms with van der Waals surface area (Å²) in [6.07, 6.45) is 6.83. The zero-order chi connectivity index (χ0) is 15.4. The first kappa shape index (κ1) is 15.1. The van der Waals surface area contributed by atoms with Gasteiger partial charge in [-0.15, -0.1) is 18.2 Å². The van der Waals surface area contributed by atoms with Crippen LogP contribution < -0.4 is 4.74 Å². The fourth-order valence-corrected chi connectivity index (χ4v) is 2.28. The number of carbonyl (C=O) groups is 1. The molecule has 0 aliphatic rings. The van der Waals surface area contributed by atoms with Crippen molar-refractivity contribution in [1.82, 2.24) is 4.98 Å². The van der Waals surface area contributed by atoms with Crippen molar-refractivity contribution in [3.8, 4) is 18.1 Å². The van der Waals surface area contributed by atoms with Gasteiger partial charge < -0.3 is 9.84 Å². The van der Waals surface area contributed by atoms with Crippen LogP contribution >= 0.6 is 11.8 Å². The van der Waals surface area contributed by atoms with E-state index in [9.17, 15) is 9.18 Å². The number of rotatable bonds is 5. The molecule has 0 aliphatic carbocycles. The summed E-state index contributed by atoms with van der Waals surface area (Å²) in [5, 5.41) is 9.21. The molecule has 2 rings (SSSR count). The number of pyridine rings is 1. The molecule has 0 atom stereocenters. The van der Waals surface area contributed by atoms with E-state index in [-0.39, 0.29) is 17.4 Å². The molecule has 1 aromatic carbocycles. The minimum atomic E-state index is -0.943. The fraction of sp³-hybridized carbons (Fsp3) is 0.200. The van der Waals surface area contributed by atoms with Crippen LogP contribution in [0.3, 0.4) is 0 Å². The predicted molar refractivity (Wildman–Crippen MR) is 80.0 cm³/mol. The number of halogens is 1. The lowest BCUT2D eigenvalue weighted by molar-refractivity contribution is -0.133. The van der Waals surface area contributed by atoms with Gasteiger partial charge in [0.1, 0.15) is 5.94 Å². The Morgan fingerprint density at radius 2 is 2.33 bits per heavy atom. The predicted octanol–water partition coefficient (Wildman–Crippen LogP) is 2.82. The summed E-state index contributed by atoms with van der Waals surface area (Å²) in [5.74, 6) is 1.04. The highest BCUT2D eigenvalue weighted by Crippen LogP contribution is 2.29. The molecule has 1 aromatic heterocycles. The monoisotopic (exact) mass is 305 g/mol. The molecule has 0 amide bonds. The van der Waals surface area contributed by atoms with E-state index >= 15 is 0 Å². The Bertz CT molecular complexity index is 740. The minimum absolute atomic E-state index is 0.0520. The lowest BCUT2D eigenvalue weighted by Crippen LogP contribution is -2.03. The molecule has 0 aliphatic heterocycles. The Kier molecular flexibility index (Phi) is 4.66. The van der Waals surface area contributed by atoms with Crippen molar-refractivity contribution in [3.05, 3.63) is 35.3 Å². The Morgan fingerprint density at radius 1 is 1.57 bits per heavy atom. The van der Waals surface area contributed by atoms with Gasteiger partial charge in [0.2, 0.25) is 0 Å². The average Bonchev–Trinajstić information content (AvgIpc) is 2.47. The maximum atomic E-state index is 14.2. The highest BCUT2D eigenvalue weighted by Gasteiger charge is 2.13. The van der Waals surface area contributed by atoms with Gasteiger partial charge in [-0.05, 0) is 19.1 Å². The van der Waals surface area contributed by atoms with Gasteiger partial charge in [0, 0.05) is 22.7 Å². The van der Waals surface area contributed by atoms with Gasteiger partial charge in [0.25, 0.3) is 0 Å². The number of hydrogen-bond donors (Lipinski definition) is 1. The summed E-state index contributed by atoms with van der Waals surface area (Å²) in [5.41, 5.74) is 1.49. The van der Waals surface area contributed by atoms with Gasteiger partial charge in [-0.2, -0.15) is 0 Å². The van der Waals surface area contributed by atoms with Crippen molar-refractivity contribution in [1.29, 1.82) is 0 Å². The van der Waals surface area contributed by atoms with Crippen LogP contribution in [-0.4, -0.2) is 27.8 Å². The minimum Gasteiger partial charge on any atom is -0.481 e. The fourth-order valence-electron chi connectivity index (χ4n) is 1.82.